The lowest BCUT2D eigenvalue weighted by Gasteiger charge is -2.22. The van der Waals surface area contributed by atoms with Crippen molar-refractivity contribution in [2.75, 3.05) is 0 Å². The molecular weight excluding hydrogens is 216 g/mol. The molecular formula is C18H30. The number of allylic oxidation sites excluding steroid dienone is 6. The Kier molecular flexibility index (Phi) is 6.46. The molecule has 1 aliphatic carbocycles. The highest BCUT2D eigenvalue weighted by Gasteiger charge is 2.15. The molecule has 0 heteroatoms. The molecule has 1 rings (SSSR count). The van der Waals surface area contributed by atoms with Crippen molar-refractivity contribution in [3.8, 4) is 0 Å². The van der Waals surface area contributed by atoms with Gasteiger partial charge in [-0.15, -0.1) is 0 Å². The molecule has 0 saturated heterocycles. The fraction of sp³-hybridized carbons (Fsp3) is 0.667. The van der Waals surface area contributed by atoms with Gasteiger partial charge in [0.1, 0.15) is 0 Å². The minimum Gasteiger partial charge on any atom is -0.0812 e. The third-order valence-corrected chi connectivity index (χ3v) is 4.61. The molecule has 0 aromatic rings. The summed E-state index contributed by atoms with van der Waals surface area (Å²) in [7, 11) is 0. The van der Waals surface area contributed by atoms with Crippen LogP contribution in [0.5, 0.6) is 0 Å². The van der Waals surface area contributed by atoms with Gasteiger partial charge >= 0.3 is 0 Å². The van der Waals surface area contributed by atoms with Crippen LogP contribution in [0, 0.1) is 17.8 Å². The van der Waals surface area contributed by atoms with Crippen molar-refractivity contribution in [2.45, 2.75) is 60.3 Å². The quantitative estimate of drug-likeness (QED) is 0.528. The maximum Gasteiger partial charge on any atom is -0.00511 e. The van der Waals surface area contributed by atoms with Crippen LogP contribution in [-0.4, -0.2) is 0 Å². The van der Waals surface area contributed by atoms with E-state index in [9.17, 15) is 0 Å². The Morgan fingerprint density at radius 3 is 2.56 bits per heavy atom. The highest BCUT2D eigenvalue weighted by molar-refractivity contribution is 5.26. The van der Waals surface area contributed by atoms with Crippen LogP contribution in [0.3, 0.4) is 0 Å². The van der Waals surface area contributed by atoms with Crippen LogP contribution in [-0.2, 0) is 0 Å². The second-order valence-electron chi connectivity index (χ2n) is 5.87. The van der Waals surface area contributed by atoms with Crippen LogP contribution in [0.4, 0.5) is 0 Å². The Balaban J connectivity index is 2.72. The summed E-state index contributed by atoms with van der Waals surface area (Å²) in [5.41, 5.74) is 3.04. The van der Waals surface area contributed by atoms with E-state index in [1.807, 2.05) is 0 Å². The largest absolute Gasteiger partial charge is 0.0812 e. The van der Waals surface area contributed by atoms with Crippen molar-refractivity contribution >= 4 is 0 Å². The zero-order chi connectivity index (χ0) is 13.5. The molecule has 0 fully saturated rings. The van der Waals surface area contributed by atoms with Crippen LogP contribution in [0.2, 0.25) is 0 Å². The lowest BCUT2D eigenvalue weighted by Crippen LogP contribution is -2.11. The molecule has 3 atom stereocenters. The number of hydrogen-bond donors (Lipinski definition) is 0. The molecule has 0 bridgehead atoms. The maximum absolute atomic E-state index is 2.41. The summed E-state index contributed by atoms with van der Waals surface area (Å²) in [4.78, 5) is 0. The number of rotatable bonds is 5. The van der Waals surface area contributed by atoms with E-state index in [-0.39, 0.29) is 0 Å². The van der Waals surface area contributed by atoms with Crippen molar-refractivity contribution in [3.05, 3.63) is 35.5 Å². The Bertz CT molecular complexity index is 330. The second-order valence-corrected chi connectivity index (χ2v) is 5.87. The van der Waals surface area contributed by atoms with Gasteiger partial charge in [0.25, 0.3) is 0 Å². The van der Waals surface area contributed by atoms with Gasteiger partial charge in [-0.3, -0.25) is 0 Å². The normalized spacial score (nSPS) is 23.7. The van der Waals surface area contributed by atoms with Gasteiger partial charge in [0.15, 0.2) is 0 Å². The molecule has 18 heavy (non-hydrogen) atoms. The van der Waals surface area contributed by atoms with Crippen LogP contribution in [0.15, 0.2) is 35.5 Å². The summed E-state index contributed by atoms with van der Waals surface area (Å²) in [6.45, 7) is 11.6. The summed E-state index contributed by atoms with van der Waals surface area (Å²) in [6.07, 6.45) is 14.5. The van der Waals surface area contributed by atoms with Crippen LogP contribution in [0.1, 0.15) is 60.3 Å². The first kappa shape index (κ1) is 15.3. The number of hydrogen-bond acceptors (Lipinski definition) is 0. The molecule has 0 saturated carbocycles. The van der Waals surface area contributed by atoms with Crippen molar-refractivity contribution in [3.63, 3.8) is 0 Å². The molecule has 0 N–H and O–H groups in total. The predicted octanol–water partition coefficient (Wildman–Crippen LogP) is 5.92. The first-order valence-electron chi connectivity index (χ1n) is 7.62. The zero-order valence-corrected chi connectivity index (χ0v) is 12.9. The molecule has 3 unspecified atom stereocenters. The standard InChI is InChI=1S/C18H30/c1-6-14(3)18(7-2)13-17-10-8-9-15(4)16(5)11-12-17/h9-12,14,16,18H,6-8,13H2,1-5H3. The molecule has 0 heterocycles. The Morgan fingerprint density at radius 2 is 1.94 bits per heavy atom. The minimum absolute atomic E-state index is 0.595. The lowest BCUT2D eigenvalue weighted by molar-refractivity contribution is 0.337. The zero-order valence-electron chi connectivity index (χ0n) is 12.9. The summed E-state index contributed by atoms with van der Waals surface area (Å²) in [5.74, 6) is 2.27. The monoisotopic (exact) mass is 246 g/mol. The van der Waals surface area contributed by atoms with Crippen molar-refractivity contribution in [1.82, 2.24) is 0 Å². The Hall–Kier alpha value is -0.780. The predicted molar refractivity (Wildman–Crippen MR) is 82.6 cm³/mol. The third kappa shape index (κ3) is 4.48. The van der Waals surface area contributed by atoms with E-state index in [1.54, 1.807) is 0 Å². The lowest BCUT2D eigenvalue weighted by atomic mass is 9.83. The molecule has 0 aromatic carbocycles. The van der Waals surface area contributed by atoms with E-state index in [0.717, 1.165) is 18.3 Å². The minimum atomic E-state index is 0.595. The van der Waals surface area contributed by atoms with Crippen LogP contribution < -0.4 is 0 Å². The van der Waals surface area contributed by atoms with E-state index >= 15 is 0 Å². The van der Waals surface area contributed by atoms with Crippen molar-refractivity contribution < 1.29 is 0 Å². The molecule has 102 valence electrons. The van der Waals surface area contributed by atoms with Gasteiger partial charge in [-0.25, -0.2) is 0 Å². The van der Waals surface area contributed by atoms with Gasteiger partial charge in [-0.05, 0) is 37.5 Å². The molecule has 0 spiro atoms. The van der Waals surface area contributed by atoms with E-state index in [0.29, 0.717) is 5.92 Å². The topological polar surface area (TPSA) is 0 Å². The smallest absolute Gasteiger partial charge is 0.00511 e. The van der Waals surface area contributed by atoms with E-state index in [4.69, 9.17) is 0 Å². The summed E-state index contributed by atoms with van der Waals surface area (Å²) >= 11 is 0. The van der Waals surface area contributed by atoms with Gasteiger partial charge in [0.2, 0.25) is 0 Å². The fourth-order valence-corrected chi connectivity index (χ4v) is 2.61. The van der Waals surface area contributed by atoms with E-state index < -0.39 is 0 Å². The molecule has 1 aliphatic rings. The van der Waals surface area contributed by atoms with Crippen LogP contribution >= 0.6 is 0 Å². The SMILES string of the molecule is CCC(C)C(CC)CC1=CCC=C(C)C(C)C=C1. The van der Waals surface area contributed by atoms with Gasteiger partial charge < -0.3 is 0 Å². The highest BCUT2D eigenvalue weighted by atomic mass is 14.2. The molecule has 0 nitrogen and oxygen atoms in total. The molecule has 0 aromatic heterocycles. The third-order valence-electron chi connectivity index (χ3n) is 4.61. The van der Waals surface area contributed by atoms with Crippen molar-refractivity contribution in [2.24, 2.45) is 17.8 Å². The van der Waals surface area contributed by atoms with Gasteiger partial charge in [-0.1, -0.05) is 76.0 Å². The van der Waals surface area contributed by atoms with E-state index in [1.165, 1.54) is 30.4 Å². The Morgan fingerprint density at radius 1 is 1.22 bits per heavy atom. The summed E-state index contributed by atoms with van der Waals surface area (Å²) in [5, 5.41) is 0. The summed E-state index contributed by atoms with van der Waals surface area (Å²) < 4.78 is 0. The first-order chi connectivity index (χ1) is 8.58. The van der Waals surface area contributed by atoms with Gasteiger partial charge in [-0.2, -0.15) is 0 Å². The fourth-order valence-electron chi connectivity index (χ4n) is 2.61. The maximum atomic E-state index is 2.41. The highest BCUT2D eigenvalue weighted by Crippen LogP contribution is 2.28. The van der Waals surface area contributed by atoms with Crippen LogP contribution in [0.25, 0.3) is 0 Å². The van der Waals surface area contributed by atoms with Crippen molar-refractivity contribution in [1.29, 1.82) is 0 Å². The van der Waals surface area contributed by atoms with Gasteiger partial charge in [0.05, 0.1) is 0 Å². The first-order valence-corrected chi connectivity index (χ1v) is 7.62. The Labute approximate surface area is 114 Å². The average molecular weight is 246 g/mol. The molecule has 0 radical (unpaired) electrons. The second kappa shape index (κ2) is 7.61. The van der Waals surface area contributed by atoms with Gasteiger partial charge in [0, 0.05) is 0 Å². The van der Waals surface area contributed by atoms with E-state index in [2.05, 4.69) is 58.9 Å². The molecule has 0 aliphatic heterocycles. The average Bonchev–Trinajstić information content (AvgIpc) is 2.38. The summed E-state index contributed by atoms with van der Waals surface area (Å²) in [6, 6.07) is 0. The molecule has 0 amide bonds.